The zero-order valence-corrected chi connectivity index (χ0v) is 12.2. The Labute approximate surface area is 115 Å². The molecule has 1 aromatic heterocycles. The highest BCUT2D eigenvalue weighted by Gasteiger charge is 2.30. The van der Waals surface area contributed by atoms with Crippen LogP contribution in [0.1, 0.15) is 6.42 Å². The Kier molecular flexibility index (Phi) is 3.87. The summed E-state index contributed by atoms with van der Waals surface area (Å²) in [7, 11) is 0. The van der Waals surface area contributed by atoms with Crippen molar-refractivity contribution in [2.45, 2.75) is 6.42 Å². The first kappa shape index (κ1) is 12.3. The molecule has 2 heterocycles. The molecule has 16 heavy (non-hydrogen) atoms. The van der Waals surface area contributed by atoms with Crippen molar-refractivity contribution in [3.63, 3.8) is 0 Å². The minimum Gasteiger partial charge on any atom is -0.296 e. The van der Waals surface area contributed by atoms with Gasteiger partial charge in [-0.2, -0.15) is 0 Å². The summed E-state index contributed by atoms with van der Waals surface area (Å²) in [6.07, 6.45) is 2.13. The van der Waals surface area contributed by atoms with Crippen LogP contribution >= 0.6 is 43.5 Å². The van der Waals surface area contributed by atoms with Crippen LogP contribution < -0.4 is 4.90 Å². The van der Waals surface area contributed by atoms with Crippen LogP contribution in [0.5, 0.6) is 0 Å². The normalized spacial score (nSPS) is 20.6. The lowest BCUT2D eigenvalue weighted by Gasteiger charge is -2.15. The largest absolute Gasteiger partial charge is 0.296 e. The van der Waals surface area contributed by atoms with Gasteiger partial charge in [-0.15, -0.1) is 0 Å². The third kappa shape index (κ3) is 2.41. The lowest BCUT2D eigenvalue weighted by atomic mass is 10.2. The molecule has 0 aliphatic carbocycles. The monoisotopic (exact) mass is 366 g/mol. The molecule has 2 rings (SSSR count). The molecule has 0 saturated carbocycles. The number of aromatic nitrogens is 1. The van der Waals surface area contributed by atoms with E-state index in [0.29, 0.717) is 29.7 Å². The summed E-state index contributed by atoms with van der Waals surface area (Å²) in [5.74, 6) is 1.14. The van der Waals surface area contributed by atoms with Gasteiger partial charge in [-0.3, -0.25) is 9.69 Å². The van der Waals surface area contributed by atoms with Crippen molar-refractivity contribution in [3.05, 3.63) is 21.8 Å². The molecule has 0 aromatic carbocycles. The molecule has 0 spiro atoms. The second kappa shape index (κ2) is 5.02. The van der Waals surface area contributed by atoms with Gasteiger partial charge in [0.15, 0.2) is 0 Å². The van der Waals surface area contributed by atoms with Crippen LogP contribution in [-0.2, 0) is 4.79 Å². The van der Waals surface area contributed by atoms with Crippen LogP contribution in [0.2, 0.25) is 5.02 Å². The number of nitrogens with zero attached hydrogens (tertiary/aromatic N) is 2. The summed E-state index contributed by atoms with van der Waals surface area (Å²) in [6.45, 7) is 0.713. The number of rotatable bonds is 2. The number of pyridine rings is 1. The fourth-order valence-electron chi connectivity index (χ4n) is 1.66. The average Bonchev–Trinajstić information content (AvgIpc) is 2.64. The van der Waals surface area contributed by atoms with E-state index in [2.05, 4.69) is 36.8 Å². The maximum atomic E-state index is 11.8. The lowest BCUT2D eigenvalue weighted by molar-refractivity contribution is -0.117. The molecule has 1 unspecified atom stereocenters. The first-order valence-corrected chi connectivity index (χ1v) is 7.08. The van der Waals surface area contributed by atoms with Gasteiger partial charge in [-0.25, -0.2) is 4.98 Å². The molecule has 0 bridgehead atoms. The molecule has 6 heteroatoms. The van der Waals surface area contributed by atoms with E-state index in [1.807, 2.05) is 0 Å². The summed E-state index contributed by atoms with van der Waals surface area (Å²) in [4.78, 5) is 17.6. The summed E-state index contributed by atoms with van der Waals surface area (Å²) in [5.41, 5.74) is 0. The zero-order valence-electron chi connectivity index (χ0n) is 8.29. The first-order valence-electron chi connectivity index (χ1n) is 4.79. The first-order chi connectivity index (χ1) is 7.61. The predicted molar refractivity (Wildman–Crippen MR) is 71.2 cm³/mol. The number of halogens is 3. The van der Waals surface area contributed by atoms with Crippen molar-refractivity contribution in [3.8, 4) is 0 Å². The summed E-state index contributed by atoms with van der Waals surface area (Å²) >= 11 is 12.6. The Balaban J connectivity index is 2.24. The Morgan fingerprint density at radius 3 is 2.94 bits per heavy atom. The van der Waals surface area contributed by atoms with E-state index < -0.39 is 0 Å². The van der Waals surface area contributed by atoms with Gasteiger partial charge in [0.25, 0.3) is 0 Å². The molecule has 1 saturated heterocycles. The molecule has 86 valence electrons. The average molecular weight is 368 g/mol. The number of carbonyl (C=O) groups is 1. The minimum atomic E-state index is 0.117. The molecule has 0 N–H and O–H groups in total. The predicted octanol–water partition coefficient (Wildman–Crippen LogP) is 3.25. The molecule has 1 aliphatic rings. The summed E-state index contributed by atoms with van der Waals surface area (Å²) in [6, 6.07) is 1.77. The van der Waals surface area contributed by atoms with Crippen LogP contribution in [0.3, 0.4) is 0 Å². The van der Waals surface area contributed by atoms with Crippen molar-refractivity contribution in [2.75, 3.05) is 16.8 Å². The van der Waals surface area contributed by atoms with Crippen molar-refractivity contribution < 1.29 is 4.79 Å². The van der Waals surface area contributed by atoms with E-state index in [1.54, 1.807) is 17.2 Å². The molecule has 0 radical (unpaired) electrons. The number of amides is 1. The molecule has 3 nitrogen and oxygen atoms in total. The van der Waals surface area contributed by atoms with Crippen molar-refractivity contribution in [1.82, 2.24) is 4.98 Å². The van der Waals surface area contributed by atoms with Gasteiger partial charge < -0.3 is 0 Å². The molecular formula is C10H9Br2ClN2O. The molecule has 1 amide bonds. The zero-order chi connectivity index (χ0) is 11.7. The Morgan fingerprint density at radius 2 is 2.38 bits per heavy atom. The van der Waals surface area contributed by atoms with Crippen LogP contribution in [0.25, 0.3) is 0 Å². The van der Waals surface area contributed by atoms with E-state index in [-0.39, 0.29) is 5.91 Å². The lowest BCUT2D eigenvalue weighted by Crippen LogP contribution is -2.25. The van der Waals surface area contributed by atoms with E-state index in [4.69, 9.17) is 11.6 Å². The molecular weight excluding hydrogens is 359 g/mol. The molecule has 1 fully saturated rings. The SMILES string of the molecule is O=C1CC(CBr)CN1c1cc(Br)c(Cl)cn1. The van der Waals surface area contributed by atoms with Crippen LogP contribution in [0, 0.1) is 5.92 Å². The number of hydrogen-bond acceptors (Lipinski definition) is 2. The van der Waals surface area contributed by atoms with Crippen LogP contribution in [0.15, 0.2) is 16.7 Å². The van der Waals surface area contributed by atoms with Gasteiger partial charge in [0.05, 0.1) is 5.02 Å². The van der Waals surface area contributed by atoms with Gasteiger partial charge >= 0.3 is 0 Å². The third-order valence-corrected chi connectivity index (χ3v) is 4.60. The van der Waals surface area contributed by atoms with Gasteiger partial charge in [-0.05, 0) is 27.9 Å². The minimum absolute atomic E-state index is 0.117. The van der Waals surface area contributed by atoms with Gasteiger partial charge in [0, 0.05) is 29.0 Å². The fourth-order valence-corrected chi connectivity index (χ4v) is 2.50. The van der Waals surface area contributed by atoms with E-state index in [9.17, 15) is 4.79 Å². The van der Waals surface area contributed by atoms with Gasteiger partial charge in [0.2, 0.25) is 5.91 Å². The quantitative estimate of drug-likeness (QED) is 0.751. The fraction of sp³-hybridized carbons (Fsp3) is 0.400. The highest BCUT2D eigenvalue weighted by Crippen LogP contribution is 2.29. The second-order valence-corrected chi connectivity index (χ2v) is 5.59. The standard InChI is InChI=1S/C10H9Br2ClN2O/c11-3-6-1-10(16)15(5-6)9-2-7(12)8(13)4-14-9/h2,4,6H,1,3,5H2. The van der Waals surface area contributed by atoms with Crippen molar-refractivity contribution in [1.29, 1.82) is 0 Å². The summed E-state index contributed by atoms with van der Waals surface area (Å²) in [5, 5.41) is 1.39. The highest BCUT2D eigenvalue weighted by molar-refractivity contribution is 9.10. The number of hydrogen-bond donors (Lipinski definition) is 0. The van der Waals surface area contributed by atoms with Crippen molar-refractivity contribution in [2.24, 2.45) is 5.92 Å². The van der Waals surface area contributed by atoms with E-state index in [0.717, 1.165) is 9.80 Å². The molecule has 1 aromatic rings. The number of alkyl halides is 1. The maximum Gasteiger partial charge on any atom is 0.228 e. The second-order valence-electron chi connectivity index (χ2n) is 3.69. The van der Waals surface area contributed by atoms with Gasteiger partial charge in [0.1, 0.15) is 5.82 Å². The van der Waals surface area contributed by atoms with E-state index in [1.165, 1.54) is 0 Å². The van der Waals surface area contributed by atoms with Crippen LogP contribution in [-0.4, -0.2) is 22.8 Å². The van der Waals surface area contributed by atoms with Crippen LogP contribution in [0.4, 0.5) is 5.82 Å². The number of anilines is 1. The smallest absolute Gasteiger partial charge is 0.228 e. The topological polar surface area (TPSA) is 33.2 Å². The van der Waals surface area contributed by atoms with Crippen molar-refractivity contribution >= 4 is 55.2 Å². The summed E-state index contributed by atoms with van der Waals surface area (Å²) < 4.78 is 0.759. The molecule has 1 atom stereocenters. The number of carbonyl (C=O) groups excluding carboxylic acids is 1. The Bertz CT molecular complexity index is 427. The van der Waals surface area contributed by atoms with Gasteiger partial charge in [-0.1, -0.05) is 27.5 Å². The third-order valence-electron chi connectivity index (χ3n) is 2.49. The Morgan fingerprint density at radius 1 is 1.62 bits per heavy atom. The highest BCUT2D eigenvalue weighted by atomic mass is 79.9. The van der Waals surface area contributed by atoms with E-state index >= 15 is 0 Å². The maximum absolute atomic E-state index is 11.8. The molecule has 1 aliphatic heterocycles. The Hall–Kier alpha value is -0.130.